The van der Waals surface area contributed by atoms with E-state index in [0.717, 1.165) is 0 Å². The topological polar surface area (TPSA) is 42.4 Å². The Bertz CT molecular complexity index is 397. The Morgan fingerprint density at radius 1 is 1.00 bits per heavy atom. The van der Waals surface area contributed by atoms with Crippen LogP contribution in [0.1, 0.15) is 0 Å². The second kappa shape index (κ2) is 3.79. The lowest BCUT2D eigenvalue weighted by atomic mass is 10.3. The average molecular weight is 187 g/mol. The fraction of sp³-hybridized carbons (Fsp3) is 0. The number of rotatable bonds is 2. The summed E-state index contributed by atoms with van der Waals surface area (Å²) in [6.07, 6.45) is 1.66. The van der Waals surface area contributed by atoms with Gasteiger partial charge >= 0.3 is 0 Å². The number of ether oxygens (including phenoxy) is 1. The first-order valence-electron chi connectivity index (χ1n) is 4.22. The average Bonchev–Trinajstić information content (AvgIpc) is 2.23. The van der Waals surface area contributed by atoms with Gasteiger partial charge in [-0.25, -0.2) is 4.98 Å². The van der Waals surface area contributed by atoms with Crippen LogP contribution in [0.3, 0.4) is 0 Å². The van der Waals surface area contributed by atoms with Crippen molar-refractivity contribution in [1.82, 2.24) is 4.98 Å². The minimum Gasteiger partial charge on any atom is -0.508 e. The van der Waals surface area contributed by atoms with Crippen LogP contribution in [0.15, 0.2) is 48.7 Å². The molecule has 0 aliphatic carbocycles. The molecule has 70 valence electrons. The second-order valence-electron chi connectivity index (χ2n) is 2.76. The first-order valence-corrected chi connectivity index (χ1v) is 4.22. The summed E-state index contributed by atoms with van der Waals surface area (Å²) in [5, 5.41) is 9.05. The van der Waals surface area contributed by atoms with E-state index < -0.39 is 0 Å². The van der Waals surface area contributed by atoms with Crippen molar-refractivity contribution in [3.63, 3.8) is 0 Å². The Labute approximate surface area is 81.6 Å². The molecule has 3 nitrogen and oxygen atoms in total. The van der Waals surface area contributed by atoms with E-state index in [9.17, 15) is 0 Å². The number of nitrogens with zero attached hydrogens (tertiary/aromatic N) is 1. The van der Waals surface area contributed by atoms with Gasteiger partial charge < -0.3 is 9.84 Å². The molecule has 0 atom stereocenters. The summed E-state index contributed by atoms with van der Waals surface area (Å²) in [6, 6.07) is 11.9. The maximum absolute atomic E-state index is 9.05. The molecule has 0 spiro atoms. The summed E-state index contributed by atoms with van der Waals surface area (Å²) in [5.41, 5.74) is 0. The van der Waals surface area contributed by atoms with Crippen LogP contribution in [-0.4, -0.2) is 10.1 Å². The van der Waals surface area contributed by atoms with Crippen molar-refractivity contribution in [2.24, 2.45) is 0 Å². The molecular formula is C11H9NO2. The van der Waals surface area contributed by atoms with Gasteiger partial charge in [0, 0.05) is 12.3 Å². The van der Waals surface area contributed by atoms with Gasteiger partial charge in [-0.15, -0.1) is 0 Å². The molecule has 2 aromatic rings. The van der Waals surface area contributed by atoms with Gasteiger partial charge in [0.2, 0.25) is 5.88 Å². The number of benzene rings is 1. The number of aromatic nitrogens is 1. The third-order valence-electron chi connectivity index (χ3n) is 1.70. The quantitative estimate of drug-likeness (QED) is 0.785. The summed E-state index contributed by atoms with van der Waals surface area (Å²) in [6.45, 7) is 0. The van der Waals surface area contributed by atoms with Crippen LogP contribution in [-0.2, 0) is 0 Å². The Morgan fingerprint density at radius 3 is 2.43 bits per heavy atom. The van der Waals surface area contributed by atoms with Crippen molar-refractivity contribution < 1.29 is 9.84 Å². The smallest absolute Gasteiger partial charge is 0.219 e. The molecule has 1 aromatic heterocycles. The first-order chi connectivity index (χ1) is 6.84. The fourth-order valence-electron chi connectivity index (χ4n) is 1.04. The molecule has 0 saturated heterocycles. The number of pyridine rings is 1. The minimum absolute atomic E-state index is 0.221. The summed E-state index contributed by atoms with van der Waals surface area (Å²) < 4.78 is 5.41. The van der Waals surface area contributed by atoms with Crippen LogP contribution in [0.4, 0.5) is 0 Å². The van der Waals surface area contributed by atoms with Crippen LogP contribution in [0.25, 0.3) is 0 Å². The molecule has 0 bridgehead atoms. The van der Waals surface area contributed by atoms with E-state index in [4.69, 9.17) is 9.84 Å². The fourth-order valence-corrected chi connectivity index (χ4v) is 1.04. The molecule has 1 heterocycles. The van der Waals surface area contributed by atoms with E-state index in [0.29, 0.717) is 11.6 Å². The molecule has 1 aromatic carbocycles. The molecule has 0 fully saturated rings. The molecule has 0 amide bonds. The van der Waals surface area contributed by atoms with Gasteiger partial charge in [0.25, 0.3) is 0 Å². The van der Waals surface area contributed by atoms with Crippen molar-refractivity contribution in [3.8, 4) is 17.4 Å². The number of hydrogen-bond acceptors (Lipinski definition) is 3. The highest BCUT2D eigenvalue weighted by Gasteiger charge is 1.96. The lowest BCUT2D eigenvalue weighted by molar-refractivity contribution is 0.454. The van der Waals surface area contributed by atoms with Gasteiger partial charge in [-0.2, -0.15) is 0 Å². The van der Waals surface area contributed by atoms with Gasteiger partial charge in [-0.05, 0) is 30.3 Å². The van der Waals surface area contributed by atoms with E-state index in [2.05, 4.69) is 4.98 Å². The Hall–Kier alpha value is -2.03. The highest BCUT2D eigenvalue weighted by molar-refractivity contribution is 5.32. The SMILES string of the molecule is Oc1ccc(Oc2ccccn2)cc1. The second-order valence-corrected chi connectivity index (χ2v) is 2.76. The Morgan fingerprint density at radius 2 is 1.79 bits per heavy atom. The molecule has 2 rings (SSSR count). The van der Waals surface area contributed by atoms with Crippen molar-refractivity contribution in [3.05, 3.63) is 48.7 Å². The van der Waals surface area contributed by atoms with E-state index in [1.165, 1.54) is 0 Å². The van der Waals surface area contributed by atoms with Crippen molar-refractivity contribution in [2.45, 2.75) is 0 Å². The molecule has 0 unspecified atom stereocenters. The molecule has 1 N–H and O–H groups in total. The number of phenolic OH excluding ortho intramolecular Hbond substituents is 1. The highest BCUT2D eigenvalue weighted by Crippen LogP contribution is 2.20. The first kappa shape index (κ1) is 8.56. The Kier molecular flexibility index (Phi) is 2.32. The zero-order valence-corrected chi connectivity index (χ0v) is 7.42. The largest absolute Gasteiger partial charge is 0.508 e. The van der Waals surface area contributed by atoms with Crippen LogP contribution in [0.5, 0.6) is 17.4 Å². The van der Waals surface area contributed by atoms with E-state index in [1.54, 1.807) is 36.5 Å². The maximum atomic E-state index is 9.05. The van der Waals surface area contributed by atoms with E-state index in [1.807, 2.05) is 12.1 Å². The molecule has 14 heavy (non-hydrogen) atoms. The lowest BCUT2D eigenvalue weighted by Gasteiger charge is -2.03. The van der Waals surface area contributed by atoms with Crippen LogP contribution in [0.2, 0.25) is 0 Å². The molecule has 0 radical (unpaired) electrons. The molecular weight excluding hydrogens is 178 g/mol. The molecule has 0 saturated carbocycles. The van der Waals surface area contributed by atoms with Crippen LogP contribution in [0, 0.1) is 0 Å². The number of aromatic hydroxyl groups is 1. The van der Waals surface area contributed by atoms with Crippen LogP contribution >= 0.6 is 0 Å². The van der Waals surface area contributed by atoms with Gasteiger partial charge in [0.05, 0.1) is 0 Å². The predicted octanol–water partition coefficient (Wildman–Crippen LogP) is 2.58. The van der Waals surface area contributed by atoms with Crippen molar-refractivity contribution in [2.75, 3.05) is 0 Å². The van der Waals surface area contributed by atoms with E-state index in [-0.39, 0.29) is 5.75 Å². The third kappa shape index (κ3) is 2.01. The van der Waals surface area contributed by atoms with Gasteiger partial charge in [0.15, 0.2) is 0 Å². The maximum Gasteiger partial charge on any atom is 0.219 e. The normalized spacial score (nSPS) is 9.71. The van der Waals surface area contributed by atoms with Crippen molar-refractivity contribution >= 4 is 0 Å². The number of hydrogen-bond donors (Lipinski definition) is 1. The zero-order valence-electron chi connectivity index (χ0n) is 7.42. The van der Waals surface area contributed by atoms with Gasteiger partial charge in [0.1, 0.15) is 11.5 Å². The minimum atomic E-state index is 0.221. The molecule has 0 aliphatic heterocycles. The Balaban J connectivity index is 2.16. The zero-order chi connectivity index (χ0) is 9.80. The standard InChI is InChI=1S/C11H9NO2/c13-9-4-6-10(7-5-9)14-11-3-1-2-8-12-11/h1-8,13H. The predicted molar refractivity (Wildman–Crippen MR) is 52.4 cm³/mol. The molecule has 3 heteroatoms. The van der Waals surface area contributed by atoms with Gasteiger partial charge in [-0.3, -0.25) is 0 Å². The van der Waals surface area contributed by atoms with Crippen LogP contribution < -0.4 is 4.74 Å². The third-order valence-corrected chi connectivity index (χ3v) is 1.70. The number of phenols is 1. The monoisotopic (exact) mass is 187 g/mol. The summed E-state index contributed by atoms with van der Waals surface area (Å²) >= 11 is 0. The highest BCUT2D eigenvalue weighted by atomic mass is 16.5. The lowest BCUT2D eigenvalue weighted by Crippen LogP contribution is -1.85. The summed E-state index contributed by atoms with van der Waals surface area (Å²) in [7, 11) is 0. The summed E-state index contributed by atoms with van der Waals surface area (Å²) in [5.74, 6) is 1.41. The van der Waals surface area contributed by atoms with Gasteiger partial charge in [-0.1, -0.05) is 6.07 Å². The van der Waals surface area contributed by atoms with Crippen molar-refractivity contribution in [1.29, 1.82) is 0 Å². The molecule has 0 aliphatic rings. The van der Waals surface area contributed by atoms with E-state index >= 15 is 0 Å². The summed E-state index contributed by atoms with van der Waals surface area (Å²) in [4.78, 5) is 4.01.